The molecular formula is C14H21FN2O2. The third-order valence-electron chi connectivity index (χ3n) is 2.63. The standard InChI is InChI=1S/C14H21FN2O2/c1-4-19-13-8-7-11(10-12(13)15)16-9-5-6-14(18)17(2)3/h7-8,10,16H,4-6,9H2,1-3H3. The molecule has 0 fully saturated rings. The quantitative estimate of drug-likeness (QED) is 0.773. The molecule has 0 spiro atoms. The number of nitrogens with one attached hydrogen (secondary N) is 1. The topological polar surface area (TPSA) is 41.6 Å². The second kappa shape index (κ2) is 7.61. The summed E-state index contributed by atoms with van der Waals surface area (Å²) in [6.45, 7) is 2.89. The summed E-state index contributed by atoms with van der Waals surface area (Å²) in [6, 6.07) is 4.77. The van der Waals surface area contributed by atoms with Gasteiger partial charge in [-0.1, -0.05) is 0 Å². The lowest BCUT2D eigenvalue weighted by Crippen LogP contribution is -2.22. The molecule has 19 heavy (non-hydrogen) atoms. The molecule has 1 aromatic rings. The highest BCUT2D eigenvalue weighted by Gasteiger charge is 2.05. The molecule has 0 aliphatic carbocycles. The molecule has 1 aromatic carbocycles. The fourth-order valence-corrected chi connectivity index (χ4v) is 1.58. The van der Waals surface area contributed by atoms with Crippen molar-refractivity contribution in [2.75, 3.05) is 32.6 Å². The van der Waals surface area contributed by atoms with Crippen LogP contribution in [0.4, 0.5) is 10.1 Å². The summed E-state index contributed by atoms with van der Waals surface area (Å²) < 4.78 is 18.7. The fourth-order valence-electron chi connectivity index (χ4n) is 1.58. The van der Waals surface area contributed by atoms with Crippen LogP contribution in [0.25, 0.3) is 0 Å². The predicted octanol–water partition coefficient (Wildman–Crippen LogP) is 2.50. The molecule has 0 bridgehead atoms. The Morgan fingerprint density at radius 2 is 2.16 bits per heavy atom. The van der Waals surface area contributed by atoms with Crippen molar-refractivity contribution in [3.63, 3.8) is 0 Å². The molecule has 0 atom stereocenters. The minimum Gasteiger partial charge on any atom is -0.491 e. The minimum absolute atomic E-state index is 0.0969. The zero-order valence-corrected chi connectivity index (χ0v) is 11.7. The molecule has 4 nitrogen and oxygen atoms in total. The van der Waals surface area contributed by atoms with E-state index in [0.717, 1.165) is 0 Å². The number of benzene rings is 1. The van der Waals surface area contributed by atoms with E-state index in [1.165, 1.54) is 6.07 Å². The highest BCUT2D eigenvalue weighted by Crippen LogP contribution is 2.21. The van der Waals surface area contributed by atoms with Crippen molar-refractivity contribution in [3.05, 3.63) is 24.0 Å². The molecular weight excluding hydrogens is 247 g/mol. The van der Waals surface area contributed by atoms with E-state index in [1.54, 1.807) is 31.1 Å². The molecule has 0 aliphatic rings. The summed E-state index contributed by atoms with van der Waals surface area (Å²) in [5.41, 5.74) is 0.693. The third kappa shape index (κ3) is 5.16. The zero-order valence-electron chi connectivity index (χ0n) is 11.7. The van der Waals surface area contributed by atoms with Crippen LogP contribution in [0, 0.1) is 5.82 Å². The first kappa shape index (κ1) is 15.3. The van der Waals surface area contributed by atoms with Crippen LogP contribution in [0.3, 0.4) is 0 Å². The average molecular weight is 268 g/mol. The number of halogens is 1. The number of hydrogen-bond acceptors (Lipinski definition) is 3. The molecule has 1 rings (SSSR count). The SMILES string of the molecule is CCOc1ccc(NCCCC(=O)N(C)C)cc1F. The number of rotatable bonds is 7. The van der Waals surface area contributed by atoms with Gasteiger partial charge in [-0.3, -0.25) is 4.79 Å². The average Bonchev–Trinajstić information content (AvgIpc) is 2.37. The van der Waals surface area contributed by atoms with E-state index in [-0.39, 0.29) is 17.5 Å². The van der Waals surface area contributed by atoms with E-state index in [2.05, 4.69) is 5.32 Å². The van der Waals surface area contributed by atoms with Crippen LogP contribution in [0.15, 0.2) is 18.2 Å². The number of ether oxygens (including phenoxy) is 1. The Bertz CT molecular complexity index is 422. The Morgan fingerprint density at radius 1 is 1.42 bits per heavy atom. The number of anilines is 1. The van der Waals surface area contributed by atoms with Gasteiger partial charge in [0.25, 0.3) is 0 Å². The van der Waals surface area contributed by atoms with Gasteiger partial charge in [-0.25, -0.2) is 4.39 Å². The Kier molecular flexibility index (Phi) is 6.12. The van der Waals surface area contributed by atoms with Crippen LogP contribution >= 0.6 is 0 Å². The first-order valence-corrected chi connectivity index (χ1v) is 6.41. The first-order valence-electron chi connectivity index (χ1n) is 6.41. The molecule has 5 heteroatoms. The van der Waals surface area contributed by atoms with Gasteiger partial charge in [0.1, 0.15) is 0 Å². The van der Waals surface area contributed by atoms with Gasteiger partial charge in [0, 0.05) is 38.8 Å². The molecule has 1 amide bonds. The van der Waals surface area contributed by atoms with Crippen LogP contribution < -0.4 is 10.1 Å². The Labute approximate surface area is 113 Å². The Morgan fingerprint density at radius 3 is 2.74 bits per heavy atom. The fraction of sp³-hybridized carbons (Fsp3) is 0.500. The van der Waals surface area contributed by atoms with Crippen molar-refractivity contribution in [2.45, 2.75) is 19.8 Å². The minimum atomic E-state index is -0.379. The molecule has 106 valence electrons. The van der Waals surface area contributed by atoms with Gasteiger partial charge in [0.05, 0.1) is 6.61 Å². The predicted molar refractivity (Wildman–Crippen MR) is 74.0 cm³/mol. The second-order valence-corrected chi connectivity index (χ2v) is 4.40. The number of carbonyl (C=O) groups excluding carboxylic acids is 1. The number of amides is 1. The monoisotopic (exact) mass is 268 g/mol. The lowest BCUT2D eigenvalue weighted by atomic mass is 10.2. The second-order valence-electron chi connectivity index (χ2n) is 4.40. The maximum Gasteiger partial charge on any atom is 0.222 e. The molecule has 0 radical (unpaired) electrons. The van der Waals surface area contributed by atoms with E-state index in [0.29, 0.717) is 31.7 Å². The lowest BCUT2D eigenvalue weighted by molar-refractivity contribution is -0.128. The van der Waals surface area contributed by atoms with Crippen LogP contribution in [-0.2, 0) is 4.79 Å². The van der Waals surface area contributed by atoms with Crippen molar-refractivity contribution >= 4 is 11.6 Å². The largest absolute Gasteiger partial charge is 0.491 e. The summed E-state index contributed by atoms with van der Waals surface area (Å²) in [5, 5.41) is 3.08. The molecule has 0 unspecified atom stereocenters. The van der Waals surface area contributed by atoms with E-state index >= 15 is 0 Å². The third-order valence-corrected chi connectivity index (χ3v) is 2.63. The van der Waals surface area contributed by atoms with Crippen molar-refractivity contribution in [1.29, 1.82) is 0 Å². The van der Waals surface area contributed by atoms with E-state index < -0.39 is 0 Å². The zero-order chi connectivity index (χ0) is 14.3. The molecule has 0 aliphatic heterocycles. The maximum atomic E-state index is 13.6. The van der Waals surface area contributed by atoms with Crippen LogP contribution in [0.2, 0.25) is 0 Å². The Balaban J connectivity index is 2.38. The molecule has 0 aromatic heterocycles. The summed E-state index contributed by atoms with van der Waals surface area (Å²) >= 11 is 0. The number of carbonyl (C=O) groups is 1. The van der Waals surface area contributed by atoms with Crippen LogP contribution in [0.1, 0.15) is 19.8 Å². The molecule has 0 saturated heterocycles. The summed E-state index contributed by atoms with van der Waals surface area (Å²) in [5.74, 6) is -0.0215. The van der Waals surface area contributed by atoms with Gasteiger partial charge in [-0.2, -0.15) is 0 Å². The Hall–Kier alpha value is -1.78. The molecule has 0 heterocycles. The maximum absolute atomic E-state index is 13.6. The number of hydrogen-bond donors (Lipinski definition) is 1. The highest BCUT2D eigenvalue weighted by molar-refractivity contribution is 5.75. The lowest BCUT2D eigenvalue weighted by Gasteiger charge is -2.11. The molecule has 1 N–H and O–H groups in total. The summed E-state index contributed by atoms with van der Waals surface area (Å²) in [7, 11) is 3.47. The van der Waals surface area contributed by atoms with Gasteiger partial charge in [-0.05, 0) is 25.5 Å². The molecule has 0 saturated carbocycles. The van der Waals surface area contributed by atoms with Gasteiger partial charge >= 0.3 is 0 Å². The van der Waals surface area contributed by atoms with Crippen LogP contribution in [0.5, 0.6) is 5.75 Å². The van der Waals surface area contributed by atoms with Crippen molar-refractivity contribution in [2.24, 2.45) is 0 Å². The van der Waals surface area contributed by atoms with Crippen molar-refractivity contribution < 1.29 is 13.9 Å². The first-order chi connectivity index (χ1) is 9.04. The summed E-state index contributed by atoms with van der Waals surface area (Å²) in [4.78, 5) is 12.9. The summed E-state index contributed by atoms with van der Waals surface area (Å²) in [6.07, 6.45) is 1.20. The normalized spacial score (nSPS) is 10.1. The highest BCUT2D eigenvalue weighted by atomic mass is 19.1. The van der Waals surface area contributed by atoms with E-state index in [9.17, 15) is 9.18 Å². The van der Waals surface area contributed by atoms with Gasteiger partial charge < -0.3 is 15.0 Å². The van der Waals surface area contributed by atoms with E-state index in [1.807, 2.05) is 6.92 Å². The van der Waals surface area contributed by atoms with Gasteiger partial charge in [0.2, 0.25) is 5.91 Å². The van der Waals surface area contributed by atoms with Gasteiger partial charge in [-0.15, -0.1) is 0 Å². The number of nitrogens with zero attached hydrogens (tertiary/aromatic N) is 1. The van der Waals surface area contributed by atoms with Crippen molar-refractivity contribution in [3.8, 4) is 5.75 Å². The smallest absolute Gasteiger partial charge is 0.222 e. The van der Waals surface area contributed by atoms with Crippen molar-refractivity contribution in [1.82, 2.24) is 4.90 Å². The van der Waals surface area contributed by atoms with E-state index in [4.69, 9.17) is 4.74 Å². The van der Waals surface area contributed by atoms with Crippen LogP contribution in [-0.4, -0.2) is 38.1 Å². The van der Waals surface area contributed by atoms with Gasteiger partial charge in [0.15, 0.2) is 11.6 Å².